The summed E-state index contributed by atoms with van der Waals surface area (Å²) in [6, 6.07) is 8.24. The van der Waals surface area contributed by atoms with Crippen LogP contribution in [-0.2, 0) is 0 Å². The maximum absolute atomic E-state index is 13.3. The van der Waals surface area contributed by atoms with Gasteiger partial charge < -0.3 is 10.4 Å². The number of carboxylic acids is 1. The molecule has 0 heterocycles. The first-order valence-corrected chi connectivity index (χ1v) is 6.78. The van der Waals surface area contributed by atoms with E-state index >= 15 is 0 Å². The van der Waals surface area contributed by atoms with Gasteiger partial charge in [-0.3, -0.25) is 4.79 Å². The van der Waals surface area contributed by atoms with E-state index in [1.807, 2.05) is 13.0 Å². The summed E-state index contributed by atoms with van der Waals surface area (Å²) in [5.74, 6) is -2.38. The number of aromatic carboxylic acids is 1. The third-order valence-electron chi connectivity index (χ3n) is 2.90. The van der Waals surface area contributed by atoms with Crippen LogP contribution < -0.4 is 5.32 Å². The molecule has 1 amide bonds. The number of benzene rings is 2. The van der Waals surface area contributed by atoms with Crippen molar-refractivity contribution in [3.05, 3.63) is 63.4 Å². The molecule has 0 unspecified atom stereocenters. The lowest BCUT2D eigenvalue weighted by atomic mass is 10.1. The summed E-state index contributed by atoms with van der Waals surface area (Å²) in [7, 11) is 0. The Kier molecular flexibility index (Phi) is 4.37. The average Bonchev–Trinajstić information content (AvgIpc) is 2.41. The van der Waals surface area contributed by atoms with Gasteiger partial charge in [0.25, 0.3) is 5.91 Å². The van der Waals surface area contributed by atoms with Crippen LogP contribution in [0.3, 0.4) is 0 Å². The van der Waals surface area contributed by atoms with Crippen molar-refractivity contribution in [3.8, 4) is 0 Å². The topological polar surface area (TPSA) is 66.4 Å². The lowest BCUT2D eigenvalue weighted by Gasteiger charge is -2.10. The molecule has 0 atom stereocenters. The van der Waals surface area contributed by atoms with Gasteiger partial charge in [0.2, 0.25) is 0 Å². The minimum Gasteiger partial charge on any atom is -0.478 e. The maximum Gasteiger partial charge on any atom is 0.337 e. The smallest absolute Gasteiger partial charge is 0.337 e. The van der Waals surface area contributed by atoms with Gasteiger partial charge in [-0.1, -0.05) is 12.1 Å². The lowest BCUT2D eigenvalue weighted by molar-refractivity contribution is 0.0698. The SMILES string of the molecule is Cc1cccc(C(=O)Nc2cc(F)ccc2C(=O)O)c1Br. The molecule has 6 heteroatoms. The summed E-state index contributed by atoms with van der Waals surface area (Å²) >= 11 is 3.30. The molecule has 0 saturated carbocycles. The first-order valence-electron chi connectivity index (χ1n) is 5.99. The fourth-order valence-corrected chi connectivity index (χ4v) is 2.26. The zero-order valence-electron chi connectivity index (χ0n) is 11.0. The molecule has 21 heavy (non-hydrogen) atoms. The summed E-state index contributed by atoms with van der Waals surface area (Å²) in [4.78, 5) is 23.3. The fraction of sp³-hybridized carbons (Fsp3) is 0.0667. The molecular weight excluding hydrogens is 341 g/mol. The van der Waals surface area contributed by atoms with Crippen LogP contribution in [0.25, 0.3) is 0 Å². The van der Waals surface area contributed by atoms with E-state index in [0.717, 1.165) is 23.8 Å². The van der Waals surface area contributed by atoms with E-state index in [1.54, 1.807) is 12.1 Å². The number of aryl methyl sites for hydroxylation is 1. The highest BCUT2D eigenvalue weighted by molar-refractivity contribution is 9.10. The first kappa shape index (κ1) is 15.2. The monoisotopic (exact) mass is 351 g/mol. The van der Waals surface area contributed by atoms with Crippen LogP contribution in [0.15, 0.2) is 40.9 Å². The highest BCUT2D eigenvalue weighted by Gasteiger charge is 2.16. The molecule has 0 aliphatic carbocycles. The van der Waals surface area contributed by atoms with Gasteiger partial charge in [-0.25, -0.2) is 9.18 Å². The number of hydrogen-bond donors (Lipinski definition) is 2. The van der Waals surface area contributed by atoms with Crippen molar-refractivity contribution in [1.82, 2.24) is 0 Å². The highest BCUT2D eigenvalue weighted by Crippen LogP contribution is 2.23. The Morgan fingerprint density at radius 1 is 1.19 bits per heavy atom. The Morgan fingerprint density at radius 3 is 2.57 bits per heavy atom. The third-order valence-corrected chi connectivity index (χ3v) is 3.95. The molecule has 2 aromatic rings. The number of nitrogens with one attached hydrogen (secondary N) is 1. The van der Waals surface area contributed by atoms with Gasteiger partial charge in [0.15, 0.2) is 0 Å². The van der Waals surface area contributed by atoms with Crippen LogP contribution in [-0.4, -0.2) is 17.0 Å². The van der Waals surface area contributed by atoms with E-state index in [4.69, 9.17) is 5.11 Å². The summed E-state index contributed by atoms with van der Waals surface area (Å²) < 4.78 is 13.9. The Balaban J connectivity index is 2.38. The van der Waals surface area contributed by atoms with Crippen molar-refractivity contribution in [1.29, 1.82) is 0 Å². The van der Waals surface area contributed by atoms with E-state index in [1.165, 1.54) is 0 Å². The number of rotatable bonds is 3. The van der Waals surface area contributed by atoms with Crippen molar-refractivity contribution in [3.63, 3.8) is 0 Å². The normalized spacial score (nSPS) is 10.2. The van der Waals surface area contributed by atoms with Crippen LogP contribution in [0.2, 0.25) is 0 Å². The number of hydrogen-bond acceptors (Lipinski definition) is 2. The van der Waals surface area contributed by atoms with Crippen molar-refractivity contribution in [2.24, 2.45) is 0 Å². The largest absolute Gasteiger partial charge is 0.478 e. The van der Waals surface area contributed by atoms with E-state index in [9.17, 15) is 14.0 Å². The van der Waals surface area contributed by atoms with Crippen molar-refractivity contribution in [2.45, 2.75) is 6.92 Å². The molecular formula is C15H11BrFNO3. The fourth-order valence-electron chi connectivity index (χ4n) is 1.82. The minimum absolute atomic E-state index is 0.0825. The van der Waals surface area contributed by atoms with Gasteiger partial charge in [-0.2, -0.15) is 0 Å². The van der Waals surface area contributed by atoms with Crippen LogP contribution >= 0.6 is 15.9 Å². The molecule has 2 aromatic carbocycles. The molecule has 2 rings (SSSR count). The second-order valence-corrected chi connectivity index (χ2v) is 5.18. The summed E-state index contributed by atoms with van der Waals surface area (Å²) in [5.41, 5.74) is 0.949. The Labute approximate surface area is 128 Å². The van der Waals surface area contributed by atoms with Crippen LogP contribution in [0.5, 0.6) is 0 Å². The van der Waals surface area contributed by atoms with Gasteiger partial charge in [0.05, 0.1) is 16.8 Å². The summed E-state index contributed by atoms with van der Waals surface area (Å²) in [6.45, 7) is 1.83. The summed E-state index contributed by atoms with van der Waals surface area (Å²) in [6.07, 6.45) is 0. The van der Waals surface area contributed by atoms with Crippen LogP contribution in [0.1, 0.15) is 26.3 Å². The standard InChI is InChI=1S/C15H11BrFNO3/c1-8-3-2-4-11(13(8)16)14(19)18-12-7-9(17)5-6-10(12)15(20)21/h2-7H,1H3,(H,18,19)(H,20,21). The minimum atomic E-state index is -1.24. The molecule has 0 saturated heterocycles. The molecule has 108 valence electrons. The van der Waals surface area contributed by atoms with Gasteiger partial charge in [0, 0.05) is 4.47 Å². The number of carboxylic acid groups (broad SMARTS) is 1. The lowest BCUT2D eigenvalue weighted by Crippen LogP contribution is -2.16. The van der Waals surface area contributed by atoms with Crippen molar-refractivity contribution >= 4 is 33.5 Å². The Morgan fingerprint density at radius 2 is 1.90 bits per heavy atom. The van der Waals surface area contributed by atoms with Crippen molar-refractivity contribution < 1.29 is 19.1 Å². The van der Waals surface area contributed by atoms with Gasteiger partial charge >= 0.3 is 5.97 Å². The zero-order chi connectivity index (χ0) is 15.6. The van der Waals surface area contributed by atoms with Gasteiger partial charge in [0.1, 0.15) is 5.82 Å². The number of carbonyl (C=O) groups is 2. The maximum atomic E-state index is 13.3. The van der Waals surface area contributed by atoms with E-state index < -0.39 is 17.7 Å². The van der Waals surface area contributed by atoms with Crippen molar-refractivity contribution in [2.75, 3.05) is 5.32 Å². The highest BCUT2D eigenvalue weighted by atomic mass is 79.9. The van der Waals surface area contributed by atoms with E-state index in [0.29, 0.717) is 10.0 Å². The molecule has 0 aliphatic heterocycles. The quantitative estimate of drug-likeness (QED) is 0.882. The van der Waals surface area contributed by atoms with E-state index in [2.05, 4.69) is 21.2 Å². The average molecular weight is 352 g/mol. The molecule has 2 N–H and O–H groups in total. The second-order valence-electron chi connectivity index (χ2n) is 4.39. The summed E-state index contributed by atoms with van der Waals surface area (Å²) in [5, 5.41) is 11.5. The van der Waals surface area contributed by atoms with Crippen LogP contribution in [0.4, 0.5) is 10.1 Å². The molecule has 0 spiro atoms. The molecule has 4 nitrogen and oxygen atoms in total. The third kappa shape index (κ3) is 3.28. The number of amides is 1. The number of carbonyl (C=O) groups excluding carboxylic acids is 1. The zero-order valence-corrected chi connectivity index (χ0v) is 12.6. The molecule has 0 radical (unpaired) electrons. The molecule has 0 fully saturated rings. The number of halogens is 2. The molecule has 0 aromatic heterocycles. The predicted octanol–water partition coefficient (Wildman–Crippen LogP) is 3.85. The van der Waals surface area contributed by atoms with E-state index in [-0.39, 0.29) is 11.3 Å². The molecule has 0 bridgehead atoms. The van der Waals surface area contributed by atoms with Gasteiger partial charge in [-0.15, -0.1) is 0 Å². The molecule has 0 aliphatic rings. The van der Waals surface area contributed by atoms with Gasteiger partial charge in [-0.05, 0) is 52.7 Å². The first-order chi connectivity index (χ1) is 9.90. The predicted molar refractivity (Wildman–Crippen MR) is 80.2 cm³/mol. The Bertz CT molecular complexity index is 731. The number of anilines is 1. The second kappa shape index (κ2) is 6.05. The Hall–Kier alpha value is -2.21. The van der Waals surface area contributed by atoms with Crippen LogP contribution in [0, 0.1) is 12.7 Å².